The second-order valence-corrected chi connectivity index (χ2v) is 19.7. The maximum atomic E-state index is 14.9. The van der Waals surface area contributed by atoms with Crippen molar-refractivity contribution in [2.75, 3.05) is 7.11 Å². The number of nitrogens with one attached hydrogen (secondary N) is 1. The topological polar surface area (TPSA) is 130 Å². The molecule has 2 aromatic heterocycles. The number of benzene rings is 2. The minimum absolute atomic E-state index is 0.103. The molecule has 61 heavy (non-hydrogen) atoms. The number of nitrogens with two attached hydrogens (primary N) is 1. The van der Waals surface area contributed by atoms with Crippen LogP contribution in [0.15, 0.2) is 133 Å². The van der Waals surface area contributed by atoms with E-state index in [1.54, 1.807) is 60.8 Å². The van der Waals surface area contributed by atoms with Crippen molar-refractivity contribution >= 4 is 49.6 Å². The molecule has 4 aliphatic rings. The van der Waals surface area contributed by atoms with Crippen molar-refractivity contribution in [3.05, 3.63) is 163 Å². The molecule has 3 N–H and O–H groups in total. The molecule has 0 amide bonds. The quantitative estimate of drug-likeness (QED) is 0.174. The van der Waals surface area contributed by atoms with E-state index in [4.69, 9.17) is 9.73 Å². The minimum atomic E-state index is -4.23. The van der Waals surface area contributed by atoms with Crippen LogP contribution in [-0.2, 0) is 37.6 Å². The lowest BCUT2D eigenvalue weighted by atomic mass is 9.99. The van der Waals surface area contributed by atoms with Crippen LogP contribution >= 0.6 is 0 Å². The number of aliphatic imine (C=N–C) groups is 1. The van der Waals surface area contributed by atoms with E-state index >= 15 is 0 Å². The average Bonchev–Trinajstić information content (AvgIpc) is 4.04. The number of methoxy groups -OCH3 is 1. The molecule has 0 fully saturated rings. The Bertz CT molecular complexity index is 2960. The van der Waals surface area contributed by atoms with Gasteiger partial charge >= 0.3 is 0 Å². The number of aromatic amines is 1. The Morgan fingerprint density at radius 1 is 0.689 bits per heavy atom. The fourth-order valence-electron chi connectivity index (χ4n) is 9.06. The summed E-state index contributed by atoms with van der Waals surface area (Å²) in [5.74, 6) is 0. The minimum Gasteiger partial charge on any atom is -0.356 e. The highest BCUT2D eigenvalue weighted by atomic mass is 32.2. The number of aromatic nitrogens is 2. The Labute approximate surface area is 360 Å². The summed E-state index contributed by atoms with van der Waals surface area (Å²) in [4.78, 5) is 9.21. The molecule has 316 valence electrons. The van der Waals surface area contributed by atoms with Gasteiger partial charge < -0.3 is 9.72 Å². The Morgan fingerprint density at radius 2 is 1.28 bits per heavy atom. The molecule has 0 radical (unpaired) electrons. The number of quaternary nitrogens is 1. The highest BCUT2D eigenvalue weighted by Gasteiger charge is 2.42. The lowest BCUT2D eigenvalue weighted by Gasteiger charge is -2.28. The van der Waals surface area contributed by atoms with Gasteiger partial charge in [0.25, 0.3) is 20.0 Å². The molecule has 10 nitrogen and oxygen atoms in total. The van der Waals surface area contributed by atoms with E-state index in [1.165, 1.54) is 32.1 Å². The number of fused-ring (bicyclic) bond motifs is 9. The summed E-state index contributed by atoms with van der Waals surface area (Å²) in [6.45, 7) is 16.5. The molecule has 8 rings (SSSR count). The van der Waals surface area contributed by atoms with Gasteiger partial charge in [-0.3, -0.25) is 5.32 Å². The van der Waals surface area contributed by atoms with Gasteiger partial charge in [-0.2, -0.15) is 0 Å². The third-order valence-electron chi connectivity index (χ3n) is 12.4. The van der Waals surface area contributed by atoms with Crippen molar-refractivity contribution in [3.8, 4) is 0 Å². The van der Waals surface area contributed by atoms with Crippen LogP contribution in [-0.4, -0.2) is 49.1 Å². The zero-order valence-electron chi connectivity index (χ0n) is 36.3. The van der Waals surface area contributed by atoms with Crippen LogP contribution in [0.25, 0.3) is 23.8 Å². The number of H-pyrrole nitrogens is 1. The molecule has 1 atom stereocenters. The van der Waals surface area contributed by atoms with Gasteiger partial charge in [0.1, 0.15) is 11.4 Å². The maximum absolute atomic E-state index is 14.9. The third kappa shape index (κ3) is 7.18. The largest absolute Gasteiger partial charge is 0.356 e. The van der Waals surface area contributed by atoms with E-state index in [9.17, 15) is 16.8 Å². The molecule has 1 unspecified atom stereocenters. The van der Waals surface area contributed by atoms with Gasteiger partial charge in [-0.25, -0.2) is 30.1 Å². The highest BCUT2D eigenvalue weighted by molar-refractivity contribution is 7.90. The summed E-state index contributed by atoms with van der Waals surface area (Å²) in [7, 11) is -6.89. The molecule has 2 aromatic carbocycles. The summed E-state index contributed by atoms with van der Waals surface area (Å²) < 4.78 is 67.9. The third-order valence-corrected chi connectivity index (χ3v) is 15.9. The van der Waals surface area contributed by atoms with E-state index in [-0.39, 0.29) is 9.79 Å². The molecule has 4 aromatic rings. The predicted molar refractivity (Wildman–Crippen MR) is 244 cm³/mol. The van der Waals surface area contributed by atoms with Gasteiger partial charge in [-0.05, 0) is 124 Å². The number of sulfonamides is 1. The second kappa shape index (κ2) is 16.1. The standard InChI is InChI=1S/C49H53N5O5S2/c1-10-38-31(7)43-24-34-22-33(28-53(34)60(55,56)36-18-14-29(5)15-19-36)42-23-35(54(49(42)59-9)61(57,58)37-20-16-30(6)17-21-37)25-44-32(8)39(11-2)46(51-44)27-48-41(13-4)40(12-3)47(52-48)26-45(38)50-43/h14-28,49-50,52H,10-13H2,1-9H3/p+1. The molecule has 0 aliphatic carbocycles. The summed E-state index contributed by atoms with van der Waals surface area (Å²) >= 11 is 0. The monoisotopic (exact) mass is 856 g/mol. The number of aryl methyl sites for hydroxylation is 2. The van der Waals surface area contributed by atoms with Gasteiger partial charge in [-0.15, -0.1) is 0 Å². The summed E-state index contributed by atoms with van der Waals surface area (Å²) in [5.41, 5.74) is 15.8. The lowest BCUT2D eigenvalue weighted by Crippen LogP contribution is -2.77. The zero-order chi connectivity index (χ0) is 43.5. The fourth-order valence-corrected chi connectivity index (χ4v) is 11.9. The Hall–Kier alpha value is -5.53. The first-order chi connectivity index (χ1) is 29.1. The molecular formula is C49H54N5O5S2+. The van der Waals surface area contributed by atoms with Crippen molar-refractivity contribution in [1.82, 2.24) is 13.3 Å². The molecule has 12 heteroatoms. The van der Waals surface area contributed by atoms with Crippen LogP contribution < -0.4 is 5.32 Å². The Kier molecular flexibility index (Phi) is 11.1. The van der Waals surface area contributed by atoms with Crippen LogP contribution in [0, 0.1) is 13.8 Å². The summed E-state index contributed by atoms with van der Waals surface area (Å²) in [5, 5.41) is 2.14. The number of allylic oxidation sites excluding steroid dienone is 6. The SMILES string of the molecule is CCC1=C(C)C2=NC1=Cc1[nH]c(c(CC)c1CC)C=C1[NH2+]C(=Cc3cc(cn3S(=O)(=O)c3ccc(C)cc3)C3=CC(=C2)N(S(=O)(=O)c2ccc(C)cc2)C3OC)C(C)=C1CC. The normalized spacial score (nSPS) is 18.0. The molecule has 0 saturated heterocycles. The first-order valence-corrected chi connectivity index (χ1v) is 23.9. The first kappa shape index (κ1) is 42.2. The second-order valence-electron chi connectivity index (χ2n) is 16.0. The molecule has 0 saturated carbocycles. The van der Waals surface area contributed by atoms with Crippen LogP contribution in [0.2, 0.25) is 0 Å². The van der Waals surface area contributed by atoms with E-state index < -0.39 is 26.3 Å². The van der Waals surface area contributed by atoms with Gasteiger partial charge in [0.15, 0.2) is 6.23 Å². The van der Waals surface area contributed by atoms with Crippen molar-refractivity contribution < 1.29 is 26.9 Å². The summed E-state index contributed by atoms with van der Waals surface area (Å²) in [6, 6.07) is 15.3. The van der Waals surface area contributed by atoms with Crippen LogP contribution in [0.4, 0.5) is 0 Å². The van der Waals surface area contributed by atoms with Crippen molar-refractivity contribution in [2.24, 2.45) is 4.99 Å². The van der Waals surface area contributed by atoms with Crippen molar-refractivity contribution in [1.29, 1.82) is 0 Å². The number of ether oxygens (including phenoxy) is 1. The van der Waals surface area contributed by atoms with Crippen LogP contribution in [0.5, 0.6) is 0 Å². The van der Waals surface area contributed by atoms with Gasteiger partial charge in [0, 0.05) is 59.1 Å². The van der Waals surface area contributed by atoms with E-state index in [0.717, 1.165) is 82.0 Å². The zero-order valence-corrected chi connectivity index (χ0v) is 38.0. The van der Waals surface area contributed by atoms with Crippen molar-refractivity contribution in [3.63, 3.8) is 0 Å². The molecule has 0 spiro atoms. The van der Waals surface area contributed by atoms with Gasteiger partial charge in [0.05, 0.1) is 32.6 Å². The van der Waals surface area contributed by atoms with Crippen LogP contribution in [0.1, 0.15) is 99.3 Å². The Morgan fingerprint density at radius 3 is 1.85 bits per heavy atom. The van der Waals surface area contributed by atoms with Crippen molar-refractivity contribution in [2.45, 2.75) is 97.1 Å². The number of hydrogen-bond acceptors (Lipinski definition) is 6. The maximum Gasteiger partial charge on any atom is 0.268 e. The number of rotatable bonds is 9. The number of hydrogen-bond donors (Lipinski definition) is 2. The average molecular weight is 857 g/mol. The molecule has 6 heterocycles. The van der Waals surface area contributed by atoms with Crippen LogP contribution in [0.3, 0.4) is 0 Å². The molecular weight excluding hydrogens is 803 g/mol. The van der Waals surface area contributed by atoms with E-state index in [1.807, 2.05) is 39.0 Å². The first-order valence-electron chi connectivity index (χ1n) is 21.0. The van der Waals surface area contributed by atoms with E-state index in [2.05, 4.69) is 57.1 Å². The lowest BCUT2D eigenvalue weighted by molar-refractivity contribution is -0.538. The van der Waals surface area contributed by atoms with Gasteiger partial charge in [0.2, 0.25) is 0 Å². The number of nitrogens with zero attached hydrogens (tertiary/aromatic N) is 3. The molecule has 10 bridgehead atoms. The predicted octanol–water partition coefficient (Wildman–Crippen LogP) is 8.96. The highest BCUT2D eigenvalue weighted by Crippen LogP contribution is 2.42. The molecule has 4 aliphatic heterocycles. The summed E-state index contributed by atoms with van der Waals surface area (Å²) in [6.07, 6.45) is 13.5. The fraction of sp³-hybridized carbons (Fsp3) is 0.286. The van der Waals surface area contributed by atoms with Gasteiger partial charge in [-0.1, -0.05) is 63.1 Å². The smallest absolute Gasteiger partial charge is 0.268 e. The van der Waals surface area contributed by atoms with E-state index in [0.29, 0.717) is 28.2 Å². The Balaban J connectivity index is 1.45.